The Bertz CT molecular complexity index is 359. The maximum atomic E-state index is 11.3. The second-order valence-corrected chi connectivity index (χ2v) is 5.20. The van der Waals surface area contributed by atoms with Gasteiger partial charge < -0.3 is 15.4 Å². The first kappa shape index (κ1) is 15.4. The third kappa shape index (κ3) is 8.15. The first-order valence-electron chi connectivity index (χ1n) is 6.49. The summed E-state index contributed by atoms with van der Waals surface area (Å²) in [6.07, 6.45) is 4.09. The van der Waals surface area contributed by atoms with Crippen molar-refractivity contribution in [3.05, 3.63) is 12.4 Å². The zero-order valence-corrected chi connectivity index (χ0v) is 11.8. The maximum absolute atomic E-state index is 11.3. The van der Waals surface area contributed by atoms with Gasteiger partial charge in [0.2, 0.25) is 0 Å². The number of alkyl carbamates (subject to hydrolysis) is 1. The second kappa shape index (κ2) is 7.73. The Morgan fingerprint density at radius 2 is 2.11 bits per heavy atom. The Kier molecular flexibility index (Phi) is 6.27. The summed E-state index contributed by atoms with van der Waals surface area (Å²) < 4.78 is 6.91. The number of carbonyl (C=O) groups excluding carboxylic acids is 1. The molecular formula is C12H23N5O2. The standard InChI is InChI=1S/C12H23N5O2/c1-12(2,3)19-11(18)14-7-6-13-5-4-9-17-10-8-15-16-17/h8,10,13H,4-7,9H2,1-3H3,(H,14,18). The molecule has 0 aliphatic rings. The van der Waals surface area contributed by atoms with Crippen molar-refractivity contribution in [1.82, 2.24) is 25.6 Å². The van der Waals surface area contributed by atoms with Gasteiger partial charge in [0, 0.05) is 25.8 Å². The minimum absolute atomic E-state index is 0.378. The number of hydrogen-bond donors (Lipinski definition) is 2. The third-order valence-electron chi connectivity index (χ3n) is 2.18. The minimum atomic E-state index is -0.449. The molecule has 0 unspecified atom stereocenters. The number of nitrogens with one attached hydrogen (secondary N) is 2. The van der Waals surface area contributed by atoms with Gasteiger partial charge in [0.1, 0.15) is 5.60 Å². The fourth-order valence-electron chi connectivity index (χ4n) is 1.41. The lowest BCUT2D eigenvalue weighted by atomic mass is 10.2. The van der Waals surface area contributed by atoms with E-state index in [2.05, 4.69) is 20.9 Å². The Hall–Kier alpha value is -1.63. The molecule has 2 N–H and O–H groups in total. The fourth-order valence-corrected chi connectivity index (χ4v) is 1.41. The van der Waals surface area contributed by atoms with Gasteiger partial charge in [-0.3, -0.25) is 4.68 Å². The highest BCUT2D eigenvalue weighted by molar-refractivity contribution is 5.67. The van der Waals surface area contributed by atoms with E-state index in [4.69, 9.17) is 4.74 Å². The van der Waals surface area contributed by atoms with Crippen LogP contribution in [-0.2, 0) is 11.3 Å². The lowest BCUT2D eigenvalue weighted by Gasteiger charge is -2.19. The van der Waals surface area contributed by atoms with E-state index >= 15 is 0 Å². The van der Waals surface area contributed by atoms with Gasteiger partial charge in [-0.1, -0.05) is 5.21 Å². The van der Waals surface area contributed by atoms with Crippen molar-refractivity contribution >= 4 is 6.09 Å². The lowest BCUT2D eigenvalue weighted by Crippen LogP contribution is -2.36. The molecule has 0 radical (unpaired) electrons. The van der Waals surface area contributed by atoms with Crippen molar-refractivity contribution in [2.75, 3.05) is 19.6 Å². The molecule has 0 aliphatic heterocycles. The topological polar surface area (TPSA) is 81.1 Å². The Labute approximate surface area is 113 Å². The van der Waals surface area contributed by atoms with Gasteiger partial charge in [0.25, 0.3) is 0 Å². The van der Waals surface area contributed by atoms with Gasteiger partial charge in [-0.25, -0.2) is 4.79 Å². The molecule has 0 bridgehead atoms. The molecule has 7 nitrogen and oxygen atoms in total. The molecule has 0 aromatic carbocycles. The van der Waals surface area contributed by atoms with E-state index in [0.717, 1.165) is 26.1 Å². The van der Waals surface area contributed by atoms with Crippen LogP contribution >= 0.6 is 0 Å². The summed E-state index contributed by atoms with van der Waals surface area (Å²) in [5, 5.41) is 13.5. The van der Waals surface area contributed by atoms with Crippen LogP contribution in [0.4, 0.5) is 4.79 Å². The quantitative estimate of drug-likeness (QED) is 0.715. The fraction of sp³-hybridized carbons (Fsp3) is 0.750. The highest BCUT2D eigenvalue weighted by atomic mass is 16.6. The molecule has 0 aliphatic carbocycles. The van der Waals surface area contributed by atoms with Crippen LogP contribution in [0.2, 0.25) is 0 Å². The van der Waals surface area contributed by atoms with E-state index in [0.29, 0.717) is 6.54 Å². The van der Waals surface area contributed by atoms with Crippen molar-refractivity contribution in [2.24, 2.45) is 0 Å². The third-order valence-corrected chi connectivity index (χ3v) is 2.18. The summed E-state index contributed by atoms with van der Waals surface area (Å²) in [6.45, 7) is 8.51. The summed E-state index contributed by atoms with van der Waals surface area (Å²) in [5.41, 5.74) is -0.449. The van der Waals surface area contributed by atoms with Crippen LogP contribution in [0.25, 0.3) is 0 Å². The van der Waals surface area contributed by atoms with Gasteiger partial charge in [-0.05, 0) is 33.7 Å². The van der Waals surface area contributed by atoms with E-state index in [1.807, 2.05) is 27.0 Å². The minimum Gasteiger partial charge on any atom is -0.444 e. The van der Waals surface area contributed by atoms with Crippen LogP contribution < -0.4 is 10.6 Å². The average Bonchev–Trinajstić information content (AvgIpc) is 2.78. The van der Waals surface area contributed by atoms with E-state index in [-0.39, 0.29) is 6.09 Å². The van der Waals surface area contributed by atoms with Gasteiger partial charge in [0.15, 0.2) is 0 Å². The number of hydrogen-bond acceptors (Lipinski definition) is 5. The highest BCUT2D eigenvalue weighted by Gasteiger charge is 2.15. The summed E-state index contributed by atoms with van der Waals surface area (Å²) in [5.74, 6) is 0. The van der Waals surface area contributed by atoms with Gasteiger partial charge in [-0.15, -0.1) is 5.10 Å². The number of carbonyl (C=O) groups is 1. The summed E-state index contributed by atoms with van der Waals surface area (Å²) in [6, 6.07) is 0. The predicted molar refractivity (Wildman–Crippen MR) is 71.7 cm³/mol. The highest BCUT2D eigenvalue weighted by Crippen LogP contribution is 2.05. The molecule has 0 fully saturated rings. The Morgan fingerprint density at radius 1 is 1.32 bits per heavy atom. The molecule has 0 saturated heterocycles. The molecule has 0 spiro atoms. The largest absolute Gasteiger partial charge is 0.444 e. The van der Waals surface area contributed by atoms with E-state index < -0.39 is 5.60 Å². The van der Waals surface area contributed by atoms with Gasteiger partial charge in [0.05, 0.1) is 6.20 Å². The first-order valence-corrected chi connectivity index (χ1v) is 6.49. The normalized spacial score (nSPS) is 11.3. The molecule has 1 heterocycles. The zero-order chi connectivity index (χ0) is 14.1. The van der Waals surface area contributed by atoms with Crippen LogP contribution in [0.15, 0.2) is 12.4 Å². The van der Waals surface area contributed by atoms with Crippen LogP contribution in [-0.4, -0.2) is 46.3 Å². The second-order valence-electron chi connectivity index (χ2n) is 5.20. The van der Waals surface area contributed by atoms with Crippen molar-refractivity contribution in [1.29, 1.82) is 0 Å². The summed E-state index contributed by atoms with van der Waals surface area (Å²) >= 11 is 0. The molecule has 1 rings (SSSR count). The van der Waals surface area contributed by atoms with Gasteiger partial charge in [-0.2, -0.15) is 0 Å². The number of ether oxygens (including phenoxy) is 1. The monoisotopic (exact) mass is 269 g/mol. The summed E-state index contributed by atoms with van der Waals surface area (Å²) in [7, 11) is 0. The zero-order valence-electron chi connectivity index (χ0n) is 11.8. The van der Waals surface area contributed by atoms with Gasteiger partial charge >= 0.3 is 6.09 Å². The van der Waals surface area contributed by atoms with Crippen molar-refractivity contribution in [2.45, 2.75) is 39.3 Å². The maximum Gasteiger partial charge on any atom is 0.407 e. The molecule has 0 atom stereocenters. The lowest BCUT2D eigenvalue weighted by molar-refractivity contribution is 0.0528. The Balaban J connectivity index is 1.92. The number of aromatic nitrogens is 3. The summed E-state index contributed by atoms with van der Waals surface area (Å²) in [4.78, 5) is 11.3. The molecule has 1 aromatic heterocycles. The number of aryl methyl sites for hydroxylation is 1. The molecule has 108 valence electrons. The number of amides is 1. The van der Waals surface area contributed by atoms with Crippen molar-refractivity contribution < 1.29 is 9.53 Å². The predicted octanol–water partition coefficient (Wildman–Crippen LogP) is 0.782. The average molecular weight is 269 g/mol. The first-order chi connectivity index (χ1) is 8.97. The van der Waals surface area contributed by atoms with Crippen LogP contribution in [0.1, 0.15) is 27.2 Å². The van der Waals surface area contributed by atoms with E-state index in [1.54, 1.807) is 10.9 Å². The molecule has 0 saturated carbocycles. The number of rotatable bonds is 7. The van der Waals surface area contributed by atoms with Crippen LogP contribution in [0, 0.1) is 0 Å². The SMILES string of the molecule is CC(C)(C)OC(=O)NCCNCCCn1ccnn1. The smallest absolute Gasteiger partial charge is 0.407 e. The van der Waals surface area contributed by atoms with Crippen molar-refractivity contribution in [3.8, 4) is 0 Å². The van der Waals surface area contributed by atoms with E-state index in [9.17, 15) is 4.79 Å². The Morgan fingerprint density at radius 3 is 2.74 bits per heavy atom. The number of nitrogens with zero attached hydrogens (tertiary/aromatic N) is 3. The van der Waals surface area contributed by atoms with E-state index in [1.165, 1.54) is 0 Å². The molecule has 1 aromatic rings. The molecule has 1 amide bonds. The van der Waals surface area contributed by atoms with Crippen LogP contribution in [0.5, 0.6) is 0 Å². The van der Waals surface area contributed by atoms with Crippen molar-refractivity contribution in [3.63, 3.8) is 0 Å². The van der Waals surface area contributed by atoms with Crippen LogP contribution in [0.3, 0.4) is 0 Å². The molecular weight excluding hydrogens is 246 g/mol. The molecule has 7 heteroatoms. The molecule has 19 heavy (non-hydrogen) atoms.